The number of hydrogen-bond acceptors (Lipinski definition) is 5. The topological polar surface area (TPSA) is 75.1 Å². The van der Waals surface area contributed by atoms with Crippen molar-refractivity contribution in [1.82, 2.24) is 9.59 Å². The van der Waals surface area contributed by atoms with Gasteiger partial charge in [-0.1, -0.05) is 48.5 Å². The fourth-order valence-corrected chi connectivity index (χ4v) is 2.94. The van der Waals surface area contributed by atoms with Crippen molar-refractivity contribution in [3.05, 3.63) is 32.7 Å². The predicted octanol–water partition coefficient (Wildman–Crippen LogP) is 4.10. The number of anilines is 1. The number of phenolic OH excluding ortho intramolecular Hbond substituents is 1. The van der Waals surface area contributed by atoms with Gasteiger partial charge < -0.3 is 10.4 Å². The Morgan fingerprint density at radius 2 is 2.00 bits per heavy atom. The van der Waals surface area contributed by atoms with E-state index in [9.17, 15) is 9.90 Å². The van der Waals surface area contributed by atoms with E-state index in [0.717, 1.165) is 11.5 Å². The van der Waals surface area contributed by atoms with Crippen molar-refractivity contribution in [3.8, 4) is 5.75 Å². The first-order valence-electron chi connectivity index (χ1n) is 6.02. The van der Waals surface area contributed by atoms with Crippen molar-refractivity contribution in [2.24, 2.45) is 0 Å². The molecule has 1 amide bonds. The highest BCUT2D eigenvalue weighted by atomic mass is 35.5. The summed E-state index contributed by atoms with van der Waals surface area (Å²) in [6.45, 7) is 5.82. The number of hydrogen-bond donors (Lipinski definition) is 2. The van der Waals surface area contributed by atoms with Crippen LogP contribution in [0.15, 0.2) is 12.1 Å². The van der Waals surface area contributed by atoms with Crippen molar-refractivity contribution in [3.63, 3.8) is 0 Å². The predicted molar refractivity (Wildman–Crippen MR) is 84.7 cm³/mol. The Hall–Kier alpha value is -1.37. The number of carbonyl (C=O) groups is 1. The van der Waals surface area contributed by atoms with Gasteiger partial charge in [-0.15, -0.1) is 5.10 Å². The van der Waals surface area contributed by atoms with Crippen molar-refractivity contribution in [1.29, 1.82) is 0 Å². The molecule has 1 aromatic carbocycles. The normalized spacial score (nSPS) is 11.5. The van der Waals surface area contributed by atoms with E-state index < -0.39 is 5.91 Å². The summed E-state index contributed by atoms with van der Waals surface area (Å²) >= 11 is 12.7. The number of halogens is 2. The van der Waals surface area contributed by atoms with Crippen molar-refractivity contribution >= 4 is 46.3 Å². The highest BCUT2D eigenvalue weighted by molar-refractivity contribution is 7.08. The monoisotopic (exact) mass is 345 g/mol. The maximum Gasteiger partial charge on any atom is 0.269 e. The molecule has 1 heterocycles. The lowest BCUT2D eigenvalue weighted by atomic mass is 9.91. The Balaban J connectivity index is 2.34. The third-order valence-corrected chi connectivity index (χ3v) is 3.91. The highest BCUT2D eigenvalue weighted by Crippen LogP contribution is 2.36. The van der Waals surface area contributed by atoms with Gasteiger partial charge >= 0.3 is 0 Å². The number of nitrogens with one attached hydrogen (secondary N) is 1. The zero-order chi connectivity index (χ0) is 15.8. The minimum absolute atomic E-state index is 0.0660. The number of carbonyl (C=O) groups excluding carboxylic acids is 1. The summed E-state index contributed by atoms with van der Waals surface area (Å²) in [5.41, 5.74) is 0.427. The molecular formula is C13H13Cl2N3O2S. The van der Waals surface area contributed by atoms with Gasteiger partial charge in [-0.3, -0.25) is 4.79 Å². The van der Waals surface area contributed by atoms with E-state index in [1.54, 1.807) is 0 Å². The third kappa shape index (κ3) is 3.45. The Bertz CT molecular complexity index is 695. The summed E-state index contributed by atoms with van der Waals surface area (Å²) in [6.07, 6.45) is 0. The van der Waals surface area contributed by atoms with Crippen LogP contribution < -0.4 is 5.32 Å². The molecule has 0 bridgehead atoms. The smallest absolute Gasteiger partial charge is 0.269 e. The number of nitrogens with zero attached hydrogens (tertiary/aromatic N) is 2. The largest absolute Gasteiger partial charge is 0.504 e. The first-order chi connectivity index (χ1) is 9.70. The second kappa shape index (κ2) is 5.79. The average molecular weight is 346 g/mol. The molecule has 0 aliphatic carbocycles. The van der Waals surface area contributed by atoms with Crippen LogP contribution >= 0.6 is 34.7 Å². The second-order valence-corrected chi connectivity index (χ2v) is 7.04. The molecule has 2 rings (SSSR count). The van der Waals surface area contributed by atoms with E-state index in [4.69, 9.17) is 23.2 Å². The molecule has 0 saturated carbocycles. The quantitative estimate of drug-likeness (QED) is 0.803. The molecule has 0 atom stereocenters. The molecule has 0 aliphatic heterocycles. The Morgan fingerprint density at radius 3 is 2.62 bits per heavy atom. The van der Waals surface area contributed by atoms with Crippen LogP contribution in [0.4, 0.5) is 5.69 Å². The van der Waals surface area contributed by atoms with E-state index in [1.807, 2.05) is 20.8 Å². The number of benzene rings is 1. The minimum atomic E-state index is -0.413. The van der Waals surface area contributed by atoms with Gasteiger partial charge in [0.05, 0.1) is 16.4 Å². The summed E-state index contributed by atoms with van der Waals surface area (Å²) in [6, 6.07) is 2.81. The average Bonchev–Trinajstić information content (AvgIpc) is 2.84. The number of aromatic hydroxyl groups is 1. The molecular weight excluding hydrogens is 333 g/mol. The first kappa shape index (κ1) is 16.0. The lowest BCUT2D eigenvalue weighted by Crippen LogP contribution is -2.19. The highest BCUT2D eigenvalue weighted by Gasteiger charge is 2.26. The van der Waals surface area contributed by atoms with Crippen LogP contribution in [0, 0.1) is 0 Å². The Labute approximate surface area is 136 Å². The molecule has 1 aromatic heterocycles. The number of amides is 1. The molecule has 0 aliphatic rings. The summed E-state index contributed by atoms with van der Waals surface area (Å²) in [5.74, 6) is -0.646. The summed E-state index contributed by atoms with van der Waals surface area (Å²) in [5, 5.41) is 16.8. The maximum absolute atomic E-state index is 12.3. The summed E-state index contributed by atoms with van der Waals surface area (Å²) in [4.78, 5) is 12.7. The van der Waals surface area contributed by atoms with Gasteiger partial charge in [0.25, 0.3) is 5.91 Å². The van der Waals surface area contributed by atoms with Gasteiger partial charge in [0.15, 0.2) is 5.75 Å². The first-order valence-corrected chi connectivity index (χ1v) is 7.55. The summed E-state index contributed by atoms with van der Waals surface area (Å²) in [7, 11) is 0. The zero-order valence-electron chi connectivity index (χ0n) is 11.6. The fraction of sp³-hybridized carbons (Fsp3) is 0.308. The SMILES string of the molecule is CC(C)(C)c1nnsc1C(=O)Nc1cc(Cl)cc(Cl)c1O. The van der Waals surface area contributed by atoms with E-state index in [2.05, 4.69) is 14.9 Å². The standard InChI is InChI=1S/C13H13Cl2N3O2S/c1-13(2,3)11-10(21-18-17-11)12(20)16-8-5-6(14)4-7(15)9(8)19/h4-5,19H,1-3H3,(H,16,20). The number of phenols is 1. The van der Waals surface area contributed by atoms with Gasteiger partial charge in [-0.25, -0.2) is 0 Å². The van der Waals surface area contributed by atoms with Crippen LogP contribution in [0.25, 0.3) is 0 Å². The summed E-state index contributed by atoms with van der Waals surface area (Å²) < 4.78 is 3.83. The van der Waals surface area contributed by atoms with Crippen LogP contribution in [0.2, 0.25) is 10.0 Å². The molecule has 0 radical (unpaired) electrons. The molecule has 0 spiro atoms. The van der Waals surface area contributed by atoms with Gasteiger partial charge in [0, 0.05) is 10.4 Å². The molecule has 2 aromatic rings. The molecule has 0 saturated heterocycles. The van der Waals surface area contributed by atoms with Crippen molar-refractivity contribution in [2.45, 2.75) is 26.2 Å². The maximum atomic E-state index is 12.3. The second-order valence-electron chi connectivity index (χ2n) is 5.44. The minimum Gasteiger partial charge on any atom is -0.504 e. The third-order valence-electron chi connectivity index (χ3n) is 2.68. The van der Waals surface area contributed by atoms with Crippen molar-refractivity contribution in [2.75, 3.05) is 5.32 Å². The van der Waals surface area contributed by atoms with E-state index in [0.29, 0.717) is 15.6 Å². The van der Waals surface area contributed by atoms with Crippen LogP contribution in [-0.2, 0) is 5.41 Å². The molecule has 2 N–H and O–H groups in total. The number of aromatic nitrogens is 2. The Kier molecular flexibility index (Phi) is 4.41. The molecule has 8 heteroatoms. The van der Waals surface area contributed by atoms with Gasteiger partial charge in [0.2, 0.25) is 0 Å². The van der Waals surface area contributed by atoms with Gasteiger partial charge in [-0.2, -0.15) is 0 Å². The van der Waals surface area contributed by atoms with Crippen LogP contribution in [0.1, 0.15) is 36.1 Å². The molecule has 112 valence electrons. The van der Waals surface area contributed by atoms with Crippen LogP contribution in [0.3, 0.4) is 0 Å². The van der Waals surface area contributed by atoms with E-state index >= 15 is 0 Å². The zero-order valence-corrected chi connectivity index (χ0v) is 13.9. The lowest BCUT2D eigenvalue weighted by Gasteiger charge is -2.16. The van der Waals surface area contributed by atoms with Gasteiger partial charge in [0.1, 0.15) is 4.88 Å². The van der Waals surface area contributed by atoms with E-state index in [1.165, 1.54) is 12.1 Å². The van der Waals surface area contributed by atoms with Crippen LogP contribution in [-0.4, -0.2) is 20.6 Å². The van der Waals surface area contributed by atoms with Gasteiger partial charge in [-0.05, 0) is 23.7 Å². The molecule has 21 heavy (non-hydrogen) atoms. The lowest BCUT2D eigenvalue weighted by molar-refractivity contribution is 0.102. The molecule has 0 fully saturated rings. The number of rotatable bonds is 2. The molecule has 0 unspecified atom stereocenters. The fourth-order valence-electron chi connectivity index (χ4n) is 1.67. The van der Waals surface area contributed by atoms with Crippen molar-refractivity contribution < 1.29 is 9.90 Å². The molecule has 5 nitrogen and oxygen atoms in total. The van der Waals surface area contributed by atoms with E-state index in [-0.39, 0.29) is 21.9 Å². The Morgan fingerprint density at radius 1 is 1.33 bits per heavy atom. The van der Waals surface area contributed by atoms with Crippen LogP contribution in [0.5, 0.6) is 5.75 Å².